The third-order valence-electron chi connectivity index (χ3n) is 5.84. The number of nitrogens with one attached hydrogen (secondary N) is 1. The number of nitrogens with zero attached hydrogens (tertiary/aromatic N) is 1. The summed E-state index contributed by atoms with van der Waals surface area (Å²) in [5.41, 5.74) is 1.23. The van der Waals surface area contributed by atoms with Crippen LogP contribution in [0, 0.1) is 10.8 Å². The monoisotopic (exact) mass is 280 g/mol. The molecule has 2 rings (SSSR count). The molecule has 0 bridgehead atoms. The minimum atomic E-state index is 0.463. The van der Waals surface area contributed by atoms with E-state index in [1.807, 2.05) is 0 Å². The van der Waals surface area contributed by atoms with E-state index in [4.69, 9.17) is 0 Å². The van der Waals surface area contributed by atoms with Gasteiger partial charge in [-0.25, -0.2) is 0 Å². The molecule has 1 unspecified atom stereocenters. The minimum absolute atomic E-state index is 0.463. The normalized spacial score (nSPS) is 25.9. The molecule has 0 aromatic rings. The molecule has 0 aromatic carbocycles. The summed E-state index contributed by atoms with van der Waals surface area (Å²) in [4.78, 5) is 2.76. The van der Waals surface area contributed by atoms with Crippen molar-refractivity contribution in [1.82, 2.24) is 10.2 Å². The Hall–Kier alpha value is -0.0800. The molecule has 0 aromatic heterocycles. The second kappa shape index (κ2) is 7.26. The molecule has 1 aliphatic heterocycles. The summed E-state index contributed by atoms with van der Waals surface area (Å²) >= 11 is 0. The van der Waals surface area contributed by atoms with Crippen LogP contribution in [-0.2, 0) is 0 Å². The van der Waals surface area contributed by atoms with Crippen molar-refractivity contribution in [2.24, 2.45) is 10.8 Å². The Labute approximate surface area is 126 Å². The van der Waals surface area contributed by atoms with E-state index in [0.29, 0.717) is 5.41 Å². The zero-order chi connectivity index (χ0) is 14.5. The van der Waals surface area contributed by atoms with Crippen LogP contribution in [0.3, 0.4) is 0 Å². The highest BCUT2D eigenvalue weighted by molar-refractivity contribution is 4.91. The Morgan fingerprint density at radius 3 is 2.25 bits per heavy atom. The molecule has 2 heteroatoms. The van der Waals surface area contributed by atoms with Gasteiger partial charge in [0.2, 0.25) is 0 Å². The van der Waals surface area contributed by atoms with Crippen LogP contribution >= 0.6 is 0 Å². The number of likely N-dealkylation sites (tertiary alicyclic amines) is 1. The van der Waals surface area contributed by atoms with Gasteiger partial charge < -0.3 is 10.2 Å². The number of hydrogen-bond acceptors (Lipinski definition) is 2. The van der Waals surface area contributed by atoms with Crippen molar-refractivity contribution in [3.05, 3.63) is 0 Å². The van der Waals surface area contributed by atoms with Gasteiger partial charge in [-0.15, -0.1) is 0 Å². The molecule has 1 atom stereocenters. The van der Waals surface area contributed by atoms with Gasteiger partial charge in [-0.1, -0.05) is 40.0 Å². The van der Waals surface area contributed by atoms with Crippen molar-refractivity contribution < 1.29 is 0 Å². The van der Waals surface area contributed by atoms with E-state index in [0.717, 1.165) is 12.0 Å². The van der Waals surface area contributed by atoms with Crippen molar-refractivity contribution in [3.8, 4) is 0 Å². The quantitative estimate of drug-likeness (QED) is 0.756. The molecular formula is C18H36N2. The van der Waals surface area contributed by atoms with Crippen LogP contribution in [0.25, 0.3) is 0 Å². The second-order valence-corrected chi connectivity index (χ2v) is 7.82. The first-order valence-corrected chi connectivity index (χ1v) is 9.04. The topological polar surface area (TPSA) is 15.3 Å². The third kappa shape index (κ3) is 4.21. The van der Waals surface area contributed by atoms with Gasteiger partial charge in [-0.3, -0.25) is 0 Å². The molecule has 1 saturated carbocycles. The predicted molar refractivity (Wildman–Crippen MR) is 88.1 cm³/mol. The first-order chi connectivity index (χ1) is 9.61. The van der Waals surface area contributed by atoms with Crippen LogP contribution in [0.2, 0.25) is 0 Å². The highest BCUT2D eigenvalue weighted by atomic mass is 15.1. The van der Waals surface area contributed by atoms with Crippen molar-refractivity contribution in [2.75, 3.05) is 32.7 Å². The van der Waals surface area contributed by atoms with E-state index in [1.165, 1.54) is 77.5 Å². The highest BCUT2D eigenvalue weighted by Gasteiger charge is 2.38. The predicted octanol–water partition coefficient (Wildman–Crippen LogP) is 4.06. The van der Waals surface area contributed by atoms with Gasteiger partial charge >= 0.3 is 0 Å². The van der Waals surface area contributed by atoms with E-state index in [-0.39, 0.29) is 0 Å². The van der Waals surface area contributed by atoms with Crippen LogP contribution in [-0.4, -0.2) is 37.6 Å². The third-order valence-corrected chi connectivity index (χ3v) is 5.84. The smallest absolute Gasteiger partial charge is 0.00475 e. The molecule has 1 spiro atoms. The van der Waals surface area contributed by atoms with Crippen molar-refractivity contribution in [3.63, 3.8) is 0 Å². The number of piperidine rings is 1. The molecular weight excluding hydrogens is 244 g/mol. The molecule has 2 fully saturated rings. The Morgan fingerprint density at radius 1 is 1.05 bits per heavy atom. The van der Waals surface area contributed by atoms with Crippen LogP contribution in [0.1, 0.15) is 72.1 Å². The average Bonchev–Trinajstić information content (AvgIpc) is 2.88. The first kappa shape index (κ1) is 16.3. The van der Waals surface area contributed by atoms with Crippen LogP contribution < -0.4 is 5.32 Å². The van der Waals surface area contributed by atoms with E-state index in [1.54, 1.807) is 0 Å². The largest absolute Gasteiger partial charge is 0.316 e. The molecule has 1 N–H and O–H groups in total. The van der Waals surface area contributed by atoms with E-state index in [2.05, 4.69) is 31.0 Å². The van der Waals surface area contributed by atoms with Gasteiger partial charge in [0.1, 0.15) is 0 Å². The van der Waals surface area contributed by atoms with Crippen molar-refractivity contribution in [2.45, 2.75) is 72.1 Å². The van der Waals surface area contributed by atoms with E-state index < -0.39 is 0 Å². The fraction of sp³-hybridized carbons (Fsp3) is 1.00. The van der Waals surface area contributed by atoms with Crippen molar-refractivity contribution >= 4 is 0 Å². The molecule has 2 nitrogen and oxygen atoms in total. The Balaban J connectivity index is 1.82. The number of hydrogen-bond donors (Lipinski definition) is 1. The molecule has 1 heterocycles. The fourth-order valence-electron chi connectivity index (χ4n) is 4.60. The van der Waals surface area contributed by atoms with Gasteiger partial charge in [-0.2, -0.15) is 0 Å². The van der Waals surface area contributed by atoms with E-state index in [9.17, 15) is 0 Å². The summed E-state index contributed by atoms with van der Waals surface area (Å²) in [6.07, 6.45) is 11.6. The Morgan fingerprint density at radius 2 is 1.70 bits per heavy atom. The maximum absolute atomic E-state index is 3.59. The lowest BCUT2D eigenvalue weighted by Gasteiger charge is -2.43. The maximum atomic E-state index is 3.59. The Bertz CT molecular complexity index is 273. The summed E-state index contributed by atoms with van der Waals surface area (Å²) in [7, 11) is 0. The number of rotatable bonds is 7. The maximum Gasteiger partial charge on any atom is 0.00475 e. The van der Waals surface area contributed by atoms with E-state index >= 15 is 0 Å². The zero-order valence-electron chi connectivity index (χ0n) is 14.1. The molecule has 118 valence electrons. The molecule has 0 radical (unpaired) electrons. The molecule has 20 heavy (non-hydrogen) atoms. The minimum Gasteiger partial charge on any atom is -0.316 e. The summed E-state index contributed by atoms with van der Waals surface area (Å²) in [5.74, 6) is 0. The molecule has 0 amide bonds. The SMILES string of the molecule is CCCC(C)(CNCC)CN1CCC2(CCCC2)CC1. The summed E-state index contributed by atoms with van der Waals surface area (Å²) in [5, 5.41) is 3.59. The van der Waals surface area contributed by atoms with Gasteiger partial charge in [0.25, 0.3) is 0 Å². The summed E-state index contributed by atoms with van der Waals surface area (Å²) < 4.78 is 0. The van der Waals surface area contributed by atoms with Gasteiger partial charge in [0.15, 0.2) is 0 Å². The average molecular weight is 280 g/mol. The molecule has 1 saturated heterocycles. The van der Waals surface area contributed by atoms with Gasteiger partial charge in [0, 0.05) is 13.1 Å². The van der Waals surface area contributed by atoms with Crippen molar-refractivity contribution in [1.29, 1.82) is 0 Å². The van der Waals surface area contributed by atoms with Gasteiger partial charge in [0.05, 0.1) is 0 Å². The van der Waals surface area contributed by atoms with Crippen LogP contribution in [0.4, 0.5) is 0 Å². The fourth-order valence-corrected chi connectivity index (χ4v) is 4.60. The van der Waals surface area contributed by atoms with Crippen LogP contribution in [0.5, 0.6) is 0 Å². The highest BCUT2D eigenvalue weighted by Crippen LogP contribution is 2.46. The summed E-state index contributed by atoms with van der Waals surface area (Å²) in [6.45, 7) is 13.3. The molecule has 1 aliphatic carbocycles. The first-order valence-electron chi connectivity index (χ1n) is 9.04. The lowest BCUT2D eigenvalue weighted by Crippen LogP contribution is -2.47. The van der Waals surface area contributed by atoms with Gasteiger partial charge in [-0.05, 0) is 62.6 Å². The lowest BCUT2D eigenvalue weighted by molar-refractivity contribution is 0.0695. The standard InChI is InChI=1S/C18H36N2/c1-4-8-17(3,15-19-5-2)16-20-13-11-18(12-14-20)9-6-7-10-18/h19H,4-16H2,1-3H3. The Kier molecular flexibility index (Phi) is 5.92. The van der Waals surface area contributed by atoms with Crippen LogP contribution in [0.15, 0.2) is 0 Å². The second-order valence-electron chi connectivity index (χ2n) is 7.82. The lowest BCUT2D eigenvalue weighted by atomic mass is 9.76. The summed E-state index contributed by atoms with van der Waals surface area (Å²) in [6, 6.07) is 0. The molecule has 2 aliphatic rings. The zero-order valence-corrected chi connectivity index (χ0v) is 14.1.